The Morgan fingerprint density at radius 3 is 2.73 bits per heavy atom. The first-order chi connectivity index (χ1) is 15.8. The third kappa shape index (κ3) is 5.04. The molecule has 0 unspecified atom stereocenters. The van der Waals surface area contributed by atoms with Crippen LogP contribution in [0.3, 0.4) is 0 Å². The van der Waals surface area contributed by atoms with Gasteiger partial charge in [-0.05, 0) is 30.3 Å². The number of nitrogens with zero attached hydrogens (tertiary/aromatic N) is 5. The quantitative estimate of drug-likeness (QED) is 0.176. The summed E-state index contributed by atoms with van der Waals surface area (Å²) in [6.07, 6.45) is -0.781. The number of para-hydroxylation sites is 1. The molecular weight excluding hydrogens is 441 g/mol. The summed E-state index contributed by atoms with van der Waals surface area (Å²) in [5, 5.41) is 6.75. The topological polar surface area (TPSA) is 132 Å². The third-order valence-electron chi connectivity index (χ3n) is 4.24. The summed E-state index contributed by atoms with van der Waals surface area (Å²) >= 11 is 0. The molecule has 168 valence electrons. The number of hydrogen-bond donors (Lipinski definition) is 3. The second-order valence-corrected chi connectivity index (χ2v) is 6.44. The highest BCUT2D eigenvalue weighted by atomic mass is 19.4. The number of amides is 1. The van der Waals surface area contributed by atoms with Gasteiger partial charge in [0, 0.05) is 11.8 Å². The predicted molar refractivity (Wildman–Crippen MR) is 113 cm³/mol. The van der Waals surface area contributed by atoms with Gasteiger partial charge in [-0.3, -0.25) is 4.79 Å². The number of alkyl halides is 3. The van der Waals surface area contributed by atoms with Crippen molar-refractivity contribution < 1.29 is 22.7 Å². The number of carbonyl (C=O) groups is 1. The van der Waals surface area contributed by atoms with Crippen LogP contribution in [0.2, 0.25) is 0 Å². The molecule has 0 spiro atoms. The Kier molecular flexibility index (Phi) is 5.87. The first-order valence-electron chi connectivity index (χ1n) is 9.30. The summed E-state index contributed by atoms with van der Waals surface area (Å²) in [4.78, 5) is 25.1. The van der Waals surface area contributed by atoms with Crippen LogP contribution >= 0.6 is 0 Å². The number of anilines is 1. The molecule has 1 amide bonds. The van der Waals surface area contributed by atoms with E-state index in [0.717, 1.165) is 0 Å². The first kappa shape index (κ1) is 21.7. The number of aliphatic imine (C=N–C) groups is 1. The zero-order valence-corrected chi connectivity index (χ0v) is 16.6. The predicted octanol–water partition coefficient (Wildman–Crippen LogP) is 3.07. The van der Waals surface area contributed by atoms with Gasteiger partial charge in [-0.25, -0.2) is 25.3 Å². The number of aromatic nitrogens is 4. The van der Waals surface area contributed by atoms with Crippen molar-refractivity contribution in [1.82, 2.24) is 25.0 Å². The SMILES string of the molecule is NN/C=N/c1cccc(C(=O)Nc2cnn3ccc(-c4ccccc4OC(F)(F)F)nc23)n1. The summed E-state index contributed by atoms with van der Waals surface area (Å²) in [5.41, 5.74) is 3.07. The molecule has 13 heteroatoms. The van der Waals surface area contributed by atoms with Crippen LogP contribution in [0.15, 0.2) is 65.9 Å². The second-order valence-electron chi connectivity index (χ2n) is 6.44. The van der Waals surface area contributed by atoms with E-state index in [9.17, 15) is 18.0 Å². The zero-order chi connectivity index (χ0) is 23.4. The molecule has 4 aromatic rings. The number of pyridine rings is 1. The minimum absolute atomic E-state index is 0.0705. The fraction of sp³-hybridized carbons (Fsp3) is 0.0500. The van der Waals surface area contributed by atoms with E-state index in [4.69, 9.17) is 5.84 Å². The number of fused-ring (bicyclic) bond motifs is 1. The molecule has 0 aliphatic rings. The zero-order valence-electron chi connectivity index (χ0n) is 16.6. The Bertz CT molecular complexity index is 1340. The van der Waals surface area contributed by atoms with E-state index in [1.807, 2.05) is 0 Å². The van der Waals surface area contributed by atoms with E-state index in [2.05, 4.69) is 35.5 Å². The van der Waals surface area contributed by atoms with Crippen LogP contribution in [-0.4, -0.2) is 38.2 Å². The van der Waals surface area contributed by atoms with Crippen molar-refractivity contribution in [3.05, 3.63) is 66.6 Å². The van der Waals surface area contributed by atoms with Gasteiger partial charge in [0.2, 0.25) is 0 Å². The van der Waals surface area contributed by atoms with E-state index < -0.39 is 18.0 Å². The normalized spacial score (nSPS) is 11.6. The van der Waals surface area contributed by atoms with E-state index >= 15 is 0 Å². The maximum absolute atomic E-state index is 12.8. The molecule has 0 saturated heterocycles. The van der Waals surface area contributed by atoms with Crippen molar-refractivity contribution in [2.45, 2.75) is 6.36 Å². The smallest absolute Gasteiger partial charge is 0.405 e. The lowest BCUT2D eigenvalue weighted by molar-refractivity contribution is -0.274. The highest BCUT2D eigenvalue weighted by Crippen LogP contribution is 2.33. The largest absolute Gasteiger partial charge is 0.573 e. The number of benzene rings is 1. The van der Waals surface area contributed by atoms with Gasteiger partial charge >= 0.3 is 6.36 Å². The average molecular weight is 456 g/mol. The number of nitrogens with one attached hydrogen (secondary N) is 2. The van der Waals surface area contributed by atoms with Gasteiger partial charge in [-0.15, -0.1) is 13.2 Å². The van der Waals surface area contributed by atoms with Crippen LogP contribution in [0.1, 0.15) is 10.5 Å². The second kappa shape index (κ2) is 8.92. The number of hydrogen-bond acceptors (Lipinski definition) is 7. The molecule has 1 aromatic carbocycles. The number of nitrogens with two attached hydrogens (primary N) is 1. The molecule has 3 aromatic heterocycles. The van der Waals surface area contributed by atoms with Crippen molar-refractivity contribution in [1.29, 1.82) is 0 Å². The summed E-state index contributed by atoms with van der Waals surface area (Å²) in [7, 11) is 0. The Labute approximate surface area is 183 Å². The summed E-state index contributed by atoms with van der Waals surface area (Å²) < 4.78 is 43.8. The monoisotopic (exact) mass is 456 g/mol. The molecule has 33 heavy (non-hydrogen) atoms. The summed E-state index contributed by atoms with van der Waals surface area (Å²) in [6.45, 7) is 0. The average Bonchev–Trinajstić information content (AvgIpc) is 3.19. The standard InChI is InChI=1S/C20H15F3N8O2/c21-20(22,23)33-16-6-2-1-4-12(16)13-8-9-31-18(29-13)15(10-27-31)30-19(32)14-5-3-7-17(28-14)25-11-26-24/h1-11H,24H2,(H,30,32)(H,25,26,28). The van der Waals surface area contributed by atoms with E-state index in [-0.39, 0.29) is 34.1 Å². The number of carbonyl (C=O) groups excluding carboxylic acids is 1. The van der Waals surface area contributed by atoms with Gasteiger partial charge in [0.25, 0.3) is 5.91 Å². The van der Waals surface area contributed by atoms with Crippen LogP contribution in [0, 0.1) is 0 Å². The summed E-state index contributed by atoms with van der Waals surface area (Å²) in [5.74, 6) is 4.42. The molecule has 0 atom stereocenters. The number of rotatable bonds is 6. The number of ether oxygens (including phenoxy) is 1. The molecule has 0 aliphatic heterocycles. The Balaban J connectivity index is 1.65. The van der Waals surface area contributed by atoms with Crippen LogP contribution in [0.25, 0.3) is 16.9 Å². The van der Waals surface area contributed by atoms with E-state index in [1.165, 1.54) is 53.6 Å². The van der Waals surface area contributed by atoms with Gasteiger partial charge in [0.1, 0.15) is 23.5 Å². The van der Waals surface area contributed by atoms with Crippen LogP contribution in [0.4, 0.5) is 24.7 Å². The Morgan fingerprint density at radius 1 is 1.12 bits per heavy atom. The number of hydrazine groups is 1. The maximum atomic E-state index is 12.8. The van der Waals surface area contributed by atoms with Crippen LogP contribution in [-0.2, 0) is 0 Å². The molecule has 10 nitrogen and oxygen atoms in total. The van der Waals surface area contributed by atoms with E-state index in [1.54, 1.807) is 18.2 Å². The molecule has 4 N–H and O–H groups in total. The molecule has 0 fully saturated rings. The van der Waals surface area contributed by atoms with Crippen molar-refractivity contribution in [3.8, 4) is 17.0 Å². The van der Waals surface area contributed by atoms with Gasteiger partial charge in [0.05, 0.1) is 11.9 Å². The van der Waals surface area contributed by atoms with Crippen LogP contribution in [0.5, 0.6) is 5.75 Å². The van der Waals surface area contributed by atoms with Gasteiger partial charge in [-0.2, -0.15) is 5.10 Å². The van der Waals surface area contributed by atoms with E-state index in [0.29, 0.717) is 0 Å². The molecule has 4 rings (SSSR count). The van der Waals surface area contributed by atoms with Crippen molar-refractivity contribution in [2.24, 2.45) is 10.8 Å². The maximum Gasteiger partial charge on any atom is 0.573 e. The fourth-order valence-corrected chi connectivity index (χ4v) is 2.91. The van der Waals surface area contributed by atoms with Crippen molar-refractivity contribution in [2.75, 3.05) is 5.32 Å². The lowest BCUT2D eigenvalue weighted by Crippen LogP contribution is -2.18. The molecular formula is C20H15F3N8O2. The Morgan fingerprint density at radius 2 is 1.94 bits per heavy atom. The van der Waals surface area contributed by atoms with Gasteiger partial charge < -0.3 is 15.5 Å². The first-order valence-corrected chi connectivity index (χ1v) is 9.30. The molecule has 0 saturated carbocycles. The Hall–Kier alpha value is -4.52. The fourth-order valence-electron chi connectivity index (χ4n) is 2.91. The highest BCUT2D eigenvalue weighted by Gasteiger charge is 2.32. The minimum atomic E-state index is -4.86. The number of halogens is 3. The molecule has 0 bridgehead atoms. The van der Waals surface area contributed by atoms with Gasteiger partial charge in [-0.1, -0.05) is 18.2 Å². The van der Waals surface area contributed by atoms with Crippen molar-refractivity contribution in [3.63, 3.8) is 0 Å². The highest BCUT2D eigenvalue weighted by molar-refractivity contribution is 6.04. The van der Waals surface area contributed by atoms with Gasteiger partial charge in [0.15, 0.2) is 11.5 Å². The molecule has 0 aliphatic carbocycles. The molecule has 0 radical (unpaired) electrons. The molecule has 3 heterocycles. The lowest BCUT2D eigenvalue weighted by Gasteiger charge is -2.13. The summed E-state index contributed by atoms with van der Waals surface area (Å²) in [6, 6.07) is 11.8. The lowest BCUT2D eigenvalue weighted by atomic mass is 10.1. The minimum Gasteiger partial charge on any atom is -0.405 e. The van der Waals surface area contributed by atoms with Crippen molar-refractivity contribution >= 4 is 29.4 Å². The third-order valence-corrected chi connectivity index (χ3v) is 4.24. The van der Waals surface area contributed by atoms with Crippen LogP contribution < -0.4 is 21.3 Å².